The first-order chi connectivity index (χ1) is 16.1. The quantitative estimate of drug-likeness (QED) is 0.456. The molecule has 0 aromatic heterocycles. The van der Waals surface area contributed by atoms with Gasteiger partial charge in [0.25, 0.3) is 0 Å². The average molecular weight is 528 g/mol. The Labute approximate surface area is 211 Å². The standard InChI is InChI=1S/C22H53N6O4P2/c1-23(2)22-33(24(3)4)27-10-14-29-18-20-31-16-12-28(34(9,25(5)6)26(7)8)13-17-32-21-19-30-15-11-27/h10-22H2,1-9H3/q+1. The normalized spacial score (nSPS) is 21.8. The average Bonchev–Trinajstić information content (AvgIpc) is 2.76. The van der Waals surface area contributed by atoms with Gasteiger partial charge in [0.05, 0.1) is 80.8 Å². The van der Waals surface area contributed by atoms with Crippen molar-refractivity contribution in [1.29, 1.82) is 0 Å². The van der Waals surface area contributed by atoms with Crippen LogP contribution in [-0.4, -0.2) is 177 Å². The van der Waals surface area contributed by atoms with Crippen LogP contribution in [0.15, 0.2) is 0 Å². The van der Waals surface area contributed by atoms with E-state index in [1.807, 2.05) is 0 Å². The van der Waals surface area contributed by atoms with Gasteiger partial charge in [-0.05, 0) is 28.2 Å². The van der Waals surface area contributed by atoms with Crippen molar-refractivity contribution >= 4 is 15.9 Å². The molecule has 12 heteroatoms. The summed E-state index contributed by atoms with van der Waals surface area (Å²) in [6, 6.07) is 0. The molecule has 1 atom stereocenters. The summed E-state index contributed by atoms with van der Waals surface area (Å²) < 4.78 is 35.8. The number of rotatable bonds is 7. The van der Waals surface area contributed by atoms with Crippen molar-refractivity contribution in [2.75, 3.05) is 148 Å². The number of hydrogen-bond donors (Lipinski definition) is 0. The highest BCUT2D eigenvalue weighted by molar-refractivity contribution is 7.68. The minimum atomic E-state index is -1.61. The maximum atomic E-state index is 5.96. The SMILES string of the molecule is CN(C)CP(N(C)C)N1CCOCCOCCN([P+](C)(N(C)C)N(C)C)CCOCCOCC1. The summed E-state index contributed by atoms with van der Waals surface area (Å²) in [5, 5.41) is 0. The fourth-order valence-electron chi connectivity index (χ4n) is 3.74. The highest BCUT2D eigenvalue weighted by atomic mass is 31.2. The molecule has 10 nitrogen and oxygen atoms in total. The van der Waals surface area contributed by atoms with Gasteiger partial charge in [-0.15, -0.1) is 4.67 Å². The van der Waals surface area contributed by atoms with Gasteiger partial charge in [-0.1, -0.05) is 0 Å². The zero-order chi connectivity index (χ0) is 25.6. The minimum Gasteiger partial charge on any atom is -0.378 e. The van der Waals surface area contributed by atoms with Crippen LogP contribution in [0.2, 0.25) is 0 Å². The molecule has 1 rings (SSSR count). The molecule has 1 unspecified atom stereocenters. The molecule has 0 N–H and O–H groups in total. The van der Waals surface area contributed by atoms with Crippen molar-refractivity contribution in [2.45, 2.75) is 0 Å². The zero-order valence-corrected chi connectivity index (χ0v) is 25.2. The molecule has 0 aromatic rings. The molecular formula is C22H53N6O4P2+. The molecule has 0 radical (unpaired) electrons. The molecule has 34 heavy (non-hydrogen) atoms. The topological polar surface area (TPSA) is 56.4 Å². The van der Waals surface area contributed by atoms with Crippen molar-refractivity contribution in [3.8, 4) is 0 Å². The number of ether oxygens (including phenoxy) is 4. The molecular weight excluding hydrogens is 474 g/mol. The number of nitrogens with zero attached hydrogens (tertiary/aromatic N) is 6. The first-order valence-electron chi connectivity index (χ1n) is 12.2. The first-order valence-corrected chi connectivity index (χ1v) is 15.8. The smallest absolute Gasteiger partial charge is 0.223 e. The lowest BCUT2D eigenvalue weighted by atomic mass is 10.6. The number of hydrogen-bond acceptors (Lipinski definition) is 10. The highest BCUT2D eigenvalue weighted by Crippen LogP contribution is 2.61. The third kappa shape index (κ3) is 11.7. The van der Waals surface area contributed by atoms with Crippen LogP contribution in [0.5, 0.6) is 0 Å². The van der Waals surface area contributed by atoms with E-state index in [0.717, 1.165) is 32.5 Å². The Kier molecular flexibility index (Phi) is 17.0. The summed E-state index contributed by atoms with van der Waals surface area (Å²) in [6.45, 7) is 11.1. The summed E-state index contributed by atoms with van der Waals surface area (Å²) in [7, 11) is 15.2. The molecule has 204 valence electrons. The molecule has 0 saturated carbocycles. The van der Waals surface area contributed by atoms with E-state index in [4.69, 9.17) is 18.9 Å². The molecule has 0 aliphatic carbocycles. The van der Waals surface area contributed by atoms with E-state index in [1.165, 1.54) is 0 Å². The Bertz CT molecular complexity index is 492. The van der Waals surface area contributed by atoms with Gasteiger partial charge < -0.3 is 23.8 Å². The van der Waals surface area contributed by atoms with E-state index in [-0.39, 0.29) is 0 Å². The van der Waals surface area contributed by atoms with E-state index < -0.39 is 15.9 Å². The van der Waals surface area contributed by atoms with Gasteiger partial charge in [0, 0.05) is 47.6 Å². The Hall–Kier alpha value is 0.460. The summed E-state index contributed by atoms with van der Waals surface area (Å²) >= 11 is 0. The molecule has 1 fully saturated rings. The predicted octanol–water partition coefficient (Wildman–Crippen LogP) is 1.58. The lowest BCUT2D eigenvalue weighted by Gasteiger charge is -2.40. The van der Waals surface area contributed by atoms with Crippen LogP contribution in [0.4, 0.5) is 0 Å². The van der Waals surface area contributed by atoms with Crippen LogP contribution < -0.4 is 0 Å². The van der Waals surface area contributed by atoms with Crippen LogP contribution in [-0.2, 0) is 18.9 Å². The van der Waals surface area contributed by atoms with E-state index in [1.54, 1.807) is 0 Å². The van der Waals surface area contributed by atoms with Gasteiger partial charge in [0.2, 0.25) is 7.71 Å². The van der Waals surface area contributed by atoms with E-state index >= 15 is 0 Å². The van der Waals surface area contributed by atoms with Gasteiger partial charge in [-0.25, -0.2) is 0 Å². The Morgan fingerprint density at radius 2 is 1.00 bits per heavy atom. The van der Waals surface area contributed by atoms with Gasteiger partial charge in [-0.2, -0.15) is 9.34 Å². The summed E-state index contributed by atoms with van der Waals surface area (Å²) in [5.41, 5.74) is 0. The van der Waals surface area contributed by atoms with Crippen molar-refractivity contribution in [2.24, 2.45) is 0 Å². The highest BCUT2D eigenvalue weighted by Gasteiger charge is 2.45. The van der Waals surface area contributed by atoms with E-state index in [9.17, 15) is 0 Å². The second-order valence-corrected chi connectivity index (χ2v) is 15.7. The van der Waals surface area contributed by atoms with Crippen LogP contribution in [0, 0.1) is 0 Å². The molecule has 0 bridgehead atoms. The van der Waals surface area contributed by atoms with Crippen molar-refractivity contribution < 1.29 is 18.9 Å². The monoisotopic (exact) mass is 527 g/mol. The Morgan fingerprint density at radius 1 is 0.618 bits per heavy atom. The first kappa shape index (κ1) is 32.5. The molecule has 0 amide bonds. The molecule has 1 aliphatic heterocycles. The fraction of sp³-hybridized carbons (Fsp3) is 1.00. The maximum absolute atomic E-state index is 5.96. The molecule has 0 aromatic carbocycles. The minimum absolute atomic E-state index is 0.439. The third-order valence-electron chi connectivity index (χ3n) is 5.97. The third-order valence-corrected chi connectivity index (χ3v) is 13.3. The van der Waals surface area contributed by atoms with Crippen molar-refractivity contribution in [3.05, 3.63) is 0 Å². The van der Waals surface area contributed by atoms with E-state index in [0.29, 0.717) is 52.9 Å². The molecule has 1 heterocycles. The van der Waals surface area contributed by atoms with Crippen LogP contribution >= 0.6 is 15.9 Å². The second-order valence-electron chi connectivity index (χ2n) is 9.36. The summed E-state index contributed by atoms with van der Waals surface area (Å²) in [6.07, 6.45) is 1.02. The van der Waals surface area contributed by atoms with Gasteiger partial charge >= 0.3 is 0 Å². The lowest BCUT2D eigenvalue weighted by molar-refractivity contribution is 0.0229. The van der Waals surface area contributed by atoms with E-state index in [2.05, 4.69) is 91.3 Å². The Balaban J connectivity index is 2.71. The molecule has 0 spiro atoms. The molecule has 1 aliphatic rings. The second kappa shape index (κ2) is 17.8. The summed E-state index contributed by atoms with van der Waals surface area (Å²) in [5.74, 6) is 0. The lowest BCUT2D eigenvalue weighted by Crippen LogP contribution is -2.42. The fourth-order valence-corrected chi connectivity index (χ4v) is 8.46. The Morgan fingerprint density at radius 3 is 1.32 bits per heavy atom. The van der Waals surface area contributed by atoms with Crippen LogP contribution in [0.1, 0.15) is 0 Å². The predicted molar refractivity (Wildman–Crippen MR) is 146 cm³/mol. The van der Waals surface area contributed by atoms with Crippen molar-refractivity contribution in [3.63, 3.8) is 0 Å². The van der Waals surface area contributed by atoms with Crippen molar-refractivity contribution in [1.82, 2.24) is 28.3 Å². The van der Waals surface area contributed by atoms with Gasteiger partial charge in [0.15, 0.2) is 0 Å². The van der Waals surface area contributed by atoms with Crippen LogP contribution in [0.25, 0.3) is 0 Å². The van der Waals surface area contributed by atoms with Gasteiger partial charge in [0.1, 0.15) is 0 Å². The molecule has 1 saturated heterocycles. The van der Waals surface area contributed by atoms with Gasteiger partial charge in [-0.3, -0.25) is 9.34 Å². The van der Waals surface area contributed by atoms with Crippen LogP contribution in [0.3, 0.4) is 0 Å². The largest absolute Gasteiger partial charge is 0.378 e. The summed E-state index contributed by atoms with van der Waals surface area (Å²) in [4.78, 5) is 2.25. The zero-order valence-electron chi connectivity index (χ0n) is 23.4. The maximum Gasteiger partial charge on any atom is 0.223 e.